The minimum Gasteiger partial charge on any atom is -0.463 e. The molecule has 3 rings (SSSR count). The van der Waals surface area contributed by atoms with Crippen LogP contribution in [0, 0.1) is 0 Å². The quantitative estimate of drug-likeness (QED) is 0.626. The third-order valence-electron chi connectivity index (χ3n) is 3.67. The van der Waals surface area contributed by atoms with Gasteiger partial charge in [0.15, 0.2) is 0 Å². The molecule has 0 N–H and O–H groups in total. The van der Waals surface area contributed by atoms with E-state index in [0.29, 0.717) is 5.71 Å². The van der Waals surface area contributed by atoms with E-state index in [-0.39, 0.29) is 24.3 Å². The van der Waals surface area contributed by atoms with Gasteiger partial charge in [0.05, 0.1) is 17.9 Å². The Labute approximate surface area is 132 Å². The lowest BCUT2D eigenvalue weighted by molar-refractivity contribution is -0.139. The fraction of sp³-hybridized carbons (Fsp3) is 0.250. The highest BCUT2D eigenvalue weighted by Crippen LogP contribution is 2.31. The van der Waals surface area contributed by atoms with Crippen LogP contribution in [0.1, 0.15) is 18.9 Å². The summed E-state index contributed by atoms with van der Waals surface area (Å²) in [5.41, 5.74) is 1.45. The minimum absolute atomic E-state index is 0.0179. The number of hydrogen-bond donors (Lipinski definition) is 0. The Morgan fingerprint density at radius 2 is 1.96 bits per heavy atom. The predicted molar refractivity (Wildman–Crippen MR) is 81.3 cm³/mol. The van der Waals surface area contributed by atoms with E-state index in [2.05, 4.69) is 5.10 Å². The summed E-state index contributed by atoms with van der Waals surface area (Å²) in [6.45, 7) is 1.87. The fourth-order valence-corrected chi connectivity index (χ4v) is 2.51. The fourth-order valence-electron chi connectivity index (χ4n) is 2.51. The van der Waals surface area contributed by atoms with Crippen molar-refractivity contribution in [2.75, 3.05) is 13.7 Å². The van der Waals surface area contributed by atoms with Gasteiger partial charge >= 0.3 is 12.0 Å². The first-order valence-electron chi connectivity index (χ1n) is 7.20. The molecular formula is C16H15N3O4. The Morgan fingerprint density at radius 3 is 2.61 bits per heavy atom. The Balaban J connectivity index is 2.09. The molecule has 0 atom stereocenters. The maximum atomic E-state index is 12.2. The van der Waals surface area contributed by atoms with Crippen LogP contribution >= 0.6 is 0 Å². The average molecular weight is 313 g/mol. The van der Waals surface area contributed by atoms with Gasteiger partial charge in [-0.1, -0.05) is 30.3 Å². The largest absolute Gasteiger partial charge is 0.463 e. The molecule has 2 aliphatic rings. The zero-order valence-corrected chi connectivity index (χ0v) is 12.8. The number of hydrogen-bond acceptors (Lipinski definition) is 5. The van der Waals surface area contributed by atoms with Gasteiger partial charge in [0.1, 0.15) is 5.70 Å². The molecule has 0 bridgehead atoms. The lowest BCUT2D eigenvalue weighted by atomic mass is 9.99. The molecule has 0 saturated carbocycles. The number of urea groups is 1. The molecule has 1 saturated heterocycles. The van der Waals surface area contributed by atoms with Crippen molar-refractivity contribution < 1.29 is 19.1 Å². The van der Waals surface area contributed by atoms with E-state index >= 15 is 0 Å². The van der Waals surface area contributed by atoms with E-state index in [1.165, 1.54) is 7.05 Å². The molecule has 2 aliphatic heterocycles. The highest BCUT2D eigenvalue weighted by atomic mass is 16.5. The molecule has 1 aromatic carbocycles. The summed E-state index contributed by atoms with van der Waals surface area (Å²) in [5.74, 6) is -1.15. The summed E-state index contributed by atoms with van der Waals surface area (Å²) >= 11 is 0. The Hall–Kier alpha value is -2.96. The second-order valence-corrected chi connectivity index (χ2v) is 5.10. The van der Waals surface area contributed by atoms with Crippen LogP contribution in [-0.4, -0.2) is 47.2 Å². The Bertz CT molecular complexity index is 752. The minimum atomic E-state index is -0.604. The van der Waals surface area contributed by atoms with Crippen LogP contribution in [0.2, 0.25) is 0 Å². The summed E-state index contributed by atoms with van der Waals surface area (Å²) in [5, 5.41) is 5.25. The van der Waals surface area contributed by atoms with Crippen LogP contribution in [0.5, 0.6) is 0 Å². The third kappa shape index (κ3) is 2.40. The summed E-state index contributed by atoms with van der Waals surface area (Å²) < 4.78 is 5.03. The lowest BCUT2D eigenvalue weighted by Gasteiger charge is -2.21. The third-order valence-corrected chi connectivity index (χ3v) is 3.67. The number of carbonyl (C=O) groups excluding carboxylic acids is 3. The van der Waals surface area contributed by atoms with Gasteiger partial charge in [-0.3, -0.25) is 9.69 Å². The summed E-state index contributed by atoms with van der Waals surface area (Å²) in [7, 11) is 1.36. The number of benzene rings is 1. The zero-order chi connectivity index (χ0) is 16.6. The molecule has 0 aliphatic carbocycles. The van der Waals surface area contributed by atoms with Crippen molar-refractivity contribution in [2.24, 2.45) is 5.10 Å². The van der Waals surface area contributed by atoms with Crippen LogP contribution in [0.15, 0.2) is 46.7 Å². The second kappa shape index (κ2) is 5.68. The number of esters is 1. The number of carbonyl (C=O) groups is 3. The predicted octanol–water partition coefficient (Wildman–Crippen LogP) is 1.51. The van der Waals surface area contributed by atoms with Crippen molar-refractivity contribution in [1.82, 2.24) is 9.91 Å². The highest BCUT2D eigenvalue weighted by molar-refractivity contribution is 6.19. The molecule has 0 aromatic heterocycles. The maximum absolute atomic E-state index is 12.2. The first-order chi connectivity index (χ1) is 11.0. The number of rotatable bonds is 3. The monoisotopic (exact) mass is 313 g/mol. The van der Waals surface area contributed by atoms with Gasteiger partial charge in [0, 0.05) is 13.5 Å². The van der Waals surface area contributed by atoms with Crippen molar-refractivity contribution in [3.8, 4) is 0 Å². The molecular weight excluding hydrogens is 298 g/mol. The SMILES string of the molecule is CCOC(=O)C1=C2C(=O)N(C)C(=O)N2N=C(c2ccccc2)C1. The topological polar surface area (TPSA) is 79.3 Å². The smallest absolute Gasteiger partial charge is 0.352 e. The first-order valence-corrected chi connectivity index (χ1v) is 7.20. The van der Waals surface area contributed by atoms with Gasteiger partial charge in [-0.05, 0) is 12.5 Å². The van der Waals surface area contributed by atoms with Crippen molar-refractivity contribution in [2.45, 2.75) is 13.3 Å². The zero-order valence-electron chi connectivity index (χ0n) is 12.8. The number of nitrogens with zero attached hydrogens (tertiary/aromatic N) is 3. The van der Waals surface area contributed by atoms with Crippen LogP contribution in [-0.2, 0) is 14.3 Å². The van der Waals surface area contributed by atoms with E-state index in [9.17, 15) is 14.4 Å². The molecule has 0 radical (unpaired) electrons. The molecule has 7 heteroatoms. The molecule has 1 fully saturated rings. The summed E-state index contributed by atoms with van der Waals surface area (Å²) in [6, 6.07) is 8.62. The number of ether oxygens (including phenoxy) is 1. The van der Waals surface area contributed by atoms with E-state index < -0.39 is 17.9 Å². The average Bonchev–Trinajstić information content (AvgIpc) is 2.80. The lowest BCUT2D eigenvalue weighted by Crippen LogP contribution is -2.30. The molecule has 23 heavy (non-hydrogen) atoms. The second-order valence-electron chi connectivity index (χ2n) is 5.10. The normalized spacial score (nSPS) is 17.4. The van der Waals surface area contributed by atoms with Crippen molar-refractivity contribution in [3.05, 3.63) is 47.2 Å². The standard InChI is InChI=1S/C16H15N3O4/c1-3-23-15(21)11-9-12(10-7-5-4-6-8-10)17-19-13(11)14(20)18(2)16(19)22/h4-8H,3,9H2,1-2H3. The van der Waals surface area contributed by atoms with E-state index in [1.54, 1.807) is 6.92 Å². The Kier molecular flexibility index (Phi) is 3.69. The van der Waals surface area contributed by atoms with E-state index in [4.69, 9.17) is 4.74 Å². The molecule has 3 amide bonds. The number of fused-ring (bicyclic) bond motifs is 1. The van der Waals surface area contributed by atoms with Crippen molar-refractivity contribution >= 4 is 23.6 Å². The van der Waals surface area contributed by atoms with Crippen molar-refractivity contribution in [1.29, 1.82) is 0 Å². The van der Waals surface area contributed by atoms with Crippen LogP contribution in [0.25, 0.3) is 0 Å². The van der Waals surface area contributed by atoms with Crippen LogP contribution < -0.4 is 0 Å². The first kappa shape index (κ1) is 15.0. The van der Waals surface area contributed by atoms with Crippen molar-refractivity contribution in [3.63, 3.8) is 0 Å². The van der Waals surface area contributed by atoms with Crippen LogP contribution in [0.3, 0.4) is 0 Å². The number of imide groups is 1. The Morgan fingerprint density at radius 1 is 1.26 bits per heavy atom. The molecule has 1 aromatic rings. The van der Waals surface area contributed by atoms with Gasteiger partial charge in [-0.25, -0.2) is 9.59 Å². The van der Waals surface area contributed by atoms with Crippen LogP contribution in [0.4, 0.5) is 4.79 Å². The van der Waals surface area contributed by atoms with Gasteiger partial charge in [0.2, 0.25) is 0 Å². The number of likely N-dealkylation sites (N-methyl/N-ethyl adjacent to an activating group) is 1. The molecule has 7 nitrogen and oxygen atoms in total. The number of amides is 3. The summed E-state index contributed by atoms with van der Waals surface area (Å²) in [6.07, 6.45) is 0.140. The maximum Gasteiger partial charge on any atom is 0.352 e. The molecule has 0 spiro atoms. The van der Waals surface area contributed by atoms with Gasteiger partial charge in [-0.15, -0.1) is 0 Å². The molecule has 2 heterocycles. The summed E-state index contributed by atoms with van der Waals surface area (Å²) in [4.78, 5) is 37.6. The molecule has 118 valence electrons. The number of hydrazone groups is 1. The van der Waals surface area contributed by atoms with Gasteiger partial charge in [-0.2, -0.15) is 10.1 Å². The highest BCUT2D eigenvalue weighted by Gasteiger charge is 2.45. The molecule has 0 unspecified atom stereocenters. The van der Waals surface area contributed by atoms with Gasteiger partial charge in [0.25, 0.3) is 5.91 Å². The van der Waals surface area contributed by atoms with E-state index in [1.807, 2.05) is 30.3 Å². The van der Waals surface area contributed by atoms with E-state index in [0.717, 1.165) is 15.5 Å². The van der Waals surface area contributed by atoms with Gasteiger partial charge < -0.3 is 4.74 Å².